The molecular formula is C20H29N4O8P. The molecule has 0 bridgehead atoms. The van der Waals surface area contributed by atoms with Crippen molar-refractivity contribution < 1.29 is 28.0 Å². The Hall–Kier alpha value is -2.31. The zero-order valence-corrected chi connectivity index (χ0v) is 19.6. The van der Waals surface area contributed by atoms with Crippen LogP contribution in [0, 0.1) is 29.6 Å². The molecule has 0 aliphatic carbocycles. The summed E-state index contributed by atoms with van der Waals surface area (Å²) in [6.07, 6.45) is -0.0765. The minimum atomic E-state index is -4.19. The van der Waals surface area contributed by atoms with E-state index in [-0.39, 0.29) is 44.6 Å². The Bertz CT molecular complexity index is 1020. The second kappa shape index (κ2) is 12.8. The normalized spacial score (nSPS) is 20.5. The Kier molecular flexibility index (Phi) is 10.5. The molecule has 1 aliphatic heterocycles. The molecule has 1 fully saturated rings. The topological polar surface area (TPSA) is 166 Å². The summed E-state index contributed by atoms with van der Waals surface area (Å²) in [7, 11) is -4.19. The van der Waals surface area contributed by atoms with Gasteiger partial charge in [0, 0.05) is 24.7 Å². The number of aliphatic hydroxyl groups excluding tert-OH is 1. The van der Waals surface area contributed by atoms with Crippen LogP contribution in [0.2, 0.25) is 0 Å². The first-order chi connectivity index (χ1) is 15.8. The lowest BCUT2D eigenvalue weighted by Gasteiger charge is -2.22. The fraction of sp³-hybridized carbons (Fsp3) is 0.700. The van der Waals surface area contributed by atoms with E-state index in [4.69, 9.17) is 28.8 Å². The van der Waals surface area contributed by atoms with Gasteiger partial charge < -0.3 is 9.84 Å². The molecule has 1 saturated heterocycles. The molecule has 2 rings (SSSR count). The molecule has 12 nitrogen and oxygen atoms in total. The summed E-state index contributed by atoms with van der Waals surface area (Å²) in [4.78, 5) is 25.4. The number of nitrogens with zero attached hydrogens (tertiary/aromatic N) is 4. The molecule has 0 aromatic carbocycles. The molecule has 0 amide bonds. The maximum absolute atomic E-state index is 13.0. The Morgan fingerprint density at radius 1 is 1.24 bits per heavy atom. The third-order valence-corrected chi connectivity index (χ3v) is 6.49. The molecule has 1 aromatic heterocycles. The van der Waals surface area contributed by atoms with Crippen LogP contribution in [-0.4, -0.2) is 46.3 Å². The van der Waals surface area contributed by atoms with Crippen molar-refractivity contribution in [2.24, 2.45) is 0 Å². The van der Waals surface area contributed by atoms with Gasteiger partial charge in [-0.2, -0.15) is 10.5 Å². The van der Waals surface area contributed by atoms with Gasteiger partial charge in [0.1, 0.15) is 18.4 Å². The largest absolute Gasteiger partial charge is 0.475 e. The van der Waals surface area contributed by atoms with Gasteiger partial charge in [0.25, 0.3) is 5.56 Å². The number of rotatable bonds is 13. The highest BCUT2D eigenvalue weighted by molar-refractivity contribution is 7.48. The van der Waals surface area contributed by atoms with Gasteiger partial charge in [-0.3, -0.25) is 27.5 Å². The molecule has 2 heterocycles. The minimum absolute atomic E-state index is 0.0176. The van der Waals surface area contributed by atoms with Crippen LogP contribution in [-0.2, 0) is 29.4 Å². The van der Waals surface area contributed by atoms with Gasteiger partial charge in [-0.15, -0.1) is 0 Å². The molecule has 182 valence electrons. The zero-order chi connectivity index (χ0) is 24.4. The van der Waals surface area contributed by atoms with Crippen LogP contribution >= 0.6 is 7.82 Å². The number of unbranched alkanes of at least 4 members (excludes halogenated alkanes) is 1. The summed E-state index contributed by atoms with van der Waals surface area (Å²) in [5.41, 5.74) is -0.583. The summed E-state index contributed by atoms with van der Waals surface area (Å²) in [5, 5.41) is 27.1. The summed E-state index contributed by atoms with van der Waals surface area (Å²) >= 11 is 0. The number of nitriles is 2. The first kappa shape index (κ1) is 26.9. The van der Waals surface area contributed by atoms with Crippen LogP contribution in [0.4, 0.5) is 0 Å². The van der Waals surface area contributed by atoms with E-state index >= 15 is 0 Å². The Morgan fingerprint density at radius 3 is 2.42 bits per heavy atom. The number of ether oxygens (including phenoxy) is 1. The number of hydrogen-bond acceptors (Lipinski definition) is 10. The fourth-order valence-electron chi connectivity index (χ4n) is 3.29. The van der Waals surface area contributed by atoms with E-state index in [9.17, 15) is 19.3 Å². The Morgan fingerprint density at radius 2 is 1.88 bits per heavy atom. The number of aromatic nitrogens is 2. The molecule has 0 unspecified atom stereocenters. The van der Waals surface area contributed by atoms with Crippen LogP contribution in [0.15, 0.2) is 15.8 Å². The minimum Gasteiger partial charge on any atom is -0.394 e. The van der Waals surface area contributed by atoms with Crippen LogP contribution in [0.3, 0.4) is 0 Å². The maximum atomic E-state index is 13.0. The Labute approximate surface area is 191 Å². The molecule has 0 saturated carbocycles. The second-order valence-corrected chi connectivity index (χ2v) is 9.06. The molecular weight excluding hydrogens is 455 g/mol. The Balaban J connectivity index is 2.27. The molecule has 0 spiro atoms. The van der Waals surface area contributed by atoms with Gasteiger partial charge >= 0.3 is 13.5 Å². The van der Waals surface area contributed by atoms with E-state index in [2.05, 4.69) is 0 Å². The van der Waals surface area contributed by atoms with Gasteiger partial charge in [0.15, 0.2) is 0 Å². The predicted molar refractivity (Wildman–Crippen MR) is 115 cm³/mol. The van der Waals surface area contributed by atoms with Gasteiger partial charge in [-0.05, 0) is 13.3 Å². The van der Waals surface area contributed by atoms with E-state index in [0.29, 0.717) is 12.0 Å². The van der Waals surface area contributed by atoms with Crippen LogP contribution in [0.1, 0.15) is 50.8 Å². The third kappa shape index (κ3) is 7.08. The lowest BCUT2D eigenvalue weighted by molar-refractivity contribution is -0.0480. The zero-order valence-electron chi connectivity index (χ0n) is 18.7. The lowest BCUT2D eigenvalue weighted by atomic mass is 10.2. The van der Waals surface area contributed by atoms with E-state index < -0.39 is 38.6 Å². The SMILES string of the molecule is CCCCn1c(=O)c(C)cn([C@H]2C[C@H](OP(=O)(OCCC#N)OCCC#N)[C@@H](CO)O2)c1=O. The van der Waals surface area contributed by atoms with Gasteiger partial charge in [-0.25, -0.2) is 9.36 Å². The molecule has 1 N–H and O–H groups in total. The van der Waals surface area contributed by atoms with Gasteiger partial charge in [0.2, 0.25) is 0 Å². The maximum Gasteiger partial charge on any atom is 0.475 e. The van der Waals surface area contributed by atoms with Crippen LogP contribution < -0.4 is 11.2 Å². The van der Waals surface area contributed by atoms with Crippen molar-refractivity contribution in [3.05, 3.63) is 32.6 Å². The molecule has 1 aliphatic rings. The average molecular weight is 484 g/mol. The number of aliphatic hydroxyl groups is 1. The predicted octanol–water partition coefficient (Wildman–Crippen LogP) is 1.75. The summed E-state index contributed by atoms with van der Waals surface area (Å²) in [6.45, 7) is 2.86. The van der Waals surface area contributed by atoms with Gasteiger partial charge in [0.05, 0.1) is 44.8 Å². The lowest BCUT2D eigenvalue weighted by Crippen LogP contribution is -2.42. The standard InChI is InChI=1S/C20H29N4O8P/c1-3-4-9-23-19(26)15(2)13-24(20(23)27)18-12-16(17(14-25)31-18)32-33(28,29-10-5-7-21)30-11-6-8-22/h13,16-18,25H,3-6,9-12,14H2,1-2H3/t16-,17+,18+/m0/s1. The summed E-state index contributed by atoms with van der Waals surface area (Å²) in [6, 6.07) is 3.69. The smallest absolute Gasteiger partial charge is 0.394 e. The van der Waals surface area contributed by atoms with Gasteiger partial charge in [-0.1, -0.05) is 13.3 Å². The van der Waals surface area contributed by atoms with Crippen LogP contribution in [0.25, 0.3) is 0 Å². The van der Waals surface area contributed by atoms with Crippen molar-refractivity contribution in [1.82, 2.24) is 9.13 Å². The molecule has 0 radical (unpaired) electrons. The van der Waals surface area contributed by atoms with Crippen molar-refractivity contribution >= 4 is 7.82 Å². The number of phosphoric acid groups is 1. The van der Waals surface area contributed by atoms with E-state index in [0.717, 1.165) is 11.0 Å². The van der Waals surface area contributed by atoms with Crippen molar-refractivity contribution in [3.63, 3.8) is 0 Å². The number of hydrogen-bond donors (Lipinski definition) is 1. The highest BCUT2D eigenvalue weighted by Gasteiger charge is 2.43. The fourth-order valence-corrected chi connectivity index (χ4v) is 4.67. The van der Waals surface area contributed by atoms with Crippen molar-refractivity contribution in [2.45, 2.75) is 70.9 Å². The van der Waals surface area contributed by atoms with E-state index in [1.54, 1.807) is 6.92 Å². The van der Waals surface area contributed by atoms with Crippen molar-refractivity contribution in [1.29, 1.82) is 10.5 Å². The first-order valence-electron chi connectivity index (χ1n) is 10.7. The van der Waals surface area contributed by atoms with Crippen molar-refractivity contribution in [3.8, 4) is 12.1 Å². The highest BCUT2D eigenvalue weighted by Crippen LogP contribution is 2.53. The van der Waals surface area contributed by atoms with Crippen molar-refractivity contribution in [2.75, 3.05) is 19.8 Å². The second-order valence-electron chi connectivity index (χ2n) is 7.43. The molecule has 1 aromatic rings. The summed E-state index contributed by atoms with van der Waals surface area (Å²) < 4.78 is 37.1. The molecule has 3 atom stereocenters. The van der Waals surface area contributed by atoms with E-state index in [1.165, 1.54) is 10.8 Å². The molecule has 13 heteroatoms. The average Bonchev–Trinajstić information content (AvgIpc) is 3.18. The number of aryl methyl sites for hydroxylation is 1. The molecule has 33 heavy (non-hydrogen) atoms. The van der Waals surface area contributed by atoms with E-state index in [1.807, 2.05) is 19.1 Å². The quantitative estimate of drug-likeness (QED) is 0.322. The highest BCUT2D eigenvalue weighted by atomic mass is 31.2. The monoisotopic (exact) mass is 484 g/mol. The summed E-state index contributed by atoms with van der Waals surface area (Å²) in [5.74, 6) is 0. The number of phosphoric ester groups is 1. The third-order valence-electron chi connectivity index (χ3n) is 4.96. The first-order valence-corrected chi connectivity index (χ1v) is 12.2. The van der Waals surface area contributed by atoms with Crippen LogP contribution in [0.5, 0.6) is 0 Å².